The number of rotatable bonds is 5. The van der Waals surface area contributed by atoms with Crippen molar-refractivity contribution in [1.82, 2.24) is 10.2 Å². The normalized spacial score (nSPS) is 21.1. The first-order valence-electron chi connectivity index (χ1n) is 11.9. The molecule has 2 aromatic rings. The van der Waals surface area contributed by atoms with E-state index in [0.29, 0.717) is 6.54 Å². The third kappa shape index (κ3) is 4.82. The number of alkyl halides is 3. The zero-order valence-corrected chi connectivity index (χ0v) is 22.1. The van der Waals surface area contributed by atoms with Crippen LogP contribution in [0.2, 0.25) is 10.0 Å². The number of nitrogens with one attached hydrogen (secondary N) is 1. The molecule has 1 N–H and O–H groups in total. The van der Waals surface area contributed by atoms with Crippen LogP contribution in [0.4, 0.5) is 17.6 Å². The van der Waals surface area contributed by atoms with E-state index in [1.54, 1.807) is 12.1 Å². The molecule has 206 valence electrons. The number of benzene rings is 2. The van der Waals surface area contributed by atoms with Crippen LogP contribution in [0.3, 0.4) is 0 Å². The van der Waals surface area contributed by atoms with Crippen molar-refractivity contribution in [3.63, 3.8) is 0 Å². The standard InChI is InChI=1S/C26H26Cl2F4N2O4/c1-37-22-19(27)11-16(12-20(22)28)25(38-2,26(30,31)32)23(36)34-9-7-24(8-10-34)13-21(35)33-14-18(24)15-3-5-17(29)6-4-15/h3-6,11-12,18H,7-10,13-14H2,1-2H3,(H,33,35)/t18-,25?/m0/s1. The van der Waals surface area contributed by atoms with E-state index in [1.165, 1.54) is 19.2 Å². The van der Waals surface area contributed by atoms with Gasteiger partial charge in [-0.25, -0.2) is 4.39 Å². The van der Waals surface area contributed by atoms with E-state index in [-0.39, 0.29) is 60.0 Å². The number of nitrogens with zero attached hydrogens (tertiary/aromatic N) is 1. The van der Waals surface area contributed by atoms with E-state index < -0.39 is 34.5 Å². The lowest BCUT2D eigenvalue weighted by atomic mass is 9.62. The number of ether oxygens (including phenoxy) is 2. The molecule has 2 atom stereocenters. The number of carbonyl (C=O) groups is 2. The average molecular weight is 577 g/mol. The summed E-state index contributed by atoms with van der Waals surface area (Å²) in [7, 11) is 2.07. The number of carbonyl (C=O) groups excluding carboxylic acids is 2. The Morgan fingerprint density at radius 1 is 1.08 bits per heavy atom. The Balaban J connectivity index is 1.66. The first kappa shape index (κ1) is 28.4. The second-order valence-corrected chi connectivity index (χ2v) is 10.4. The fourth-order valence-corrected chi connectivity index (χ4v) is 6.34. The molecule has 2 aromatic carbocycles. The van der Waals surface area contributed by atoms with Crippen LogP contribution in [0, 0.1) is 11.2 Å². The predicted octanol–water partition coefficient (Wildman–Crippen LogP) is 5.46. The molecule has 2 saturated heterocycles. The monoisotopic (exact) mass is 576 g/mol. The summed E-state index contributed by atoms with van der Waals surface area (Å²) < 4.78 is 67.5. The Hall–Kier alpha value is -2.56. The van der Waals surface area contributed by atoms with Gasteiger partial charge in [-0.15, -0.1) is 0 Å². The van der Waals surface area contributed by atoms with E-state index in [9.17, 15) is 27.2 Å². The Morgan fingerprint density at radius 3 is 2.16 bits per heavy atom. The number of amides is 2. The van der Waals surface area contributed by atoms with Gasteiger partial charge >= 0.3 is 6.18 Å². The summed E-state index contributed by atoms with van der Waals surface area (Å²) in [6.07, 6.45) is -4.46. The van der Waals surface area contributed by atoms with Gasteiger partial charge in [0.2, 0.25) is 5.91 Å². The molecule has 2 aliphatic rings. The minimum absolute atomic E-state index is 0.0287. The lowest BCUT2D eigenvalue weighted by Gasteiger charge is -2.50. The molecule has 0 bridgehead atoms. The molecule has 12 heteroatoms. The van der Waals surface area contributed by atoms with Crippen LogP contribution in [-0.2, 0) is 19.9 Å². The molecule has 6 nitrogen and oxygen atoms in total. The third-order valence-corrected chi connectivity index (χ3v) is 8.25. The maximum absolute atomic E-state index is 14.7. The average Bonchev–Trinajstić information content (AvgIpc) is 2.85. The number of methoxy groups -OCH3 is 2. The highest BCUT2D eigenvalue weighted by molar-refractivity contribution is 6.37. The summed E-state index contributed by atoms with van der Waals surface area (Å²) in [5.74, 6) is -2.10. The molecule has 0 aliphatic carbocycles. The van der Waals surface area contributed by atoms with E-state index in [2.05, 4.69) is 5.32 Å². The highest BCUT2D eigenvalue weighted by Crippen LogP contribution is 2.51. The van der Waals surface area contributed by atoms with Gasteiger partial charge in [-0.3, -0.25) is 9.59 Å². The Morgan fingerprint density at radius 2 is 1.66 bits per heavy atom. The number of hydrogen-bond donors (Lipinski definition) is 1. The molecular weight excluding hydrogens is 551 g/mol. The molecule has 1 spiro atoms. The molecule has 2 heterocycles. The van der Waals surface area contributed by atoms with Crippen LogP contribution in [-0.4, -0.2) is 56.7 Å². The van der Waals surface area contributed by atoms with Gasteiger partial charge in [-0.05, 0) is 48.1 Å². The molecule has 1 unspecified atom stereocenters. The zero-order chi connectivity index (χ0) is 27.9. The van der Waals surface area contributed by atoms with Gasteiger partial charge in [0.25, 0.3) is 11.5 Å². The van der Waals surface area contributed by atoms with Crippen molar-refractivity contribution in [3.05, 3.63) is 63.4 Å². The summed E-state index contributed by atoms with van der Waals surface area (Å²) in [5.41, 5.74) is -3.72. The van der Waals surface area contributed by atoms with Gasteiger partial charge < -0.3 is 19.7 Å². The van der Waals surface area contributed by atoms with Gasteiger partial charge in [0.15, 0.2) is 5.75 Å². The Kier molecular flexibility index (Phi) is 7.89. The van der Waals surface area contributed by atoms with Gasteiger partial charge in [0.05, 0.1) is 17.2 Å². The minimum atomic E-state index is -5.16. The third-order valence-electron chi connectivity index (χ3n) is 7.69. The van der Waals surface area contributed by atoms with Gasteiger partial charge in [-0.2, -0.15) is 13.2 Å². The quantitative estimate of drug-likeness (QED) is 0.480. The van der Waals surface area contributed by atoms with Gasteiger partial charge in [0, 0.05) is 44.6 Å². The lowest BCUT2D eigenvalue weighted by Crippen LogP contribution is -2.60. The van der Waals surface area contributed by atoms with Crippen molar-refractivity contribution in [3.8, 4) is 5.75 Å². The highest BCUT2D eigenvalue weighted by atomic mass is 35.5. The van der Waals surface area contributed by atoms with Crippen LogP contribution in [0.15, 0.2) is 36.4 Å². The maximum atomic E-state index is 14.7. The van der Waals surface area contributed by atoms with Crippen LogP contribution in [0.25, 0.3) is 0 Å². The number of halogens is 6. The summed E-state index contributed by atoms with van der Waals surface area (Å²) in [5, 5.41) is 2.41. The molecule has 4 rings (SSSR count). The van der Waals surface area contributed by atoms with E-state index in [0.717, 1.165) is 29.7 Å². The smallest absolute Gasteiger partial charge is 0.430 e. The molecular formula is C26H26Cl2F4N2O4. The molecule has 0 saturated carbocycles. The first-order valence-corrected chi connectivity index (χ1v) is 12.6. The van der Waals surface area contributed by atoms with Crippen LogP contribution in [0.1, 0.15) is 36.3 Å². The van der Waals surface area contributed by atoms with Gasteiger partial charge in [-0.1, -0.05) is 35.3 Å². The zero-order valence-electron chi connectivity index (χ0n) is 20.6. The van der Waals surface area contributed by atoms with Crippen LogP contribution in [0.5, 0.6) is 5.75 Å². The van der Waals surface area contributed by atoms with Crippen molar-refractivity contribution in [1.29, 1.82) is 0 Å². The van der Waals surface area contributed by atoms with E-state index >= 15 is 0 Å². The highest BCUT2D eigenvalue weighted by Gasteiger charge is 2.64. The number of likely N-dealkylation sites (tertiary alicyclic amines) is 1. The van der Waals surface area contributed by atoms with Crippen LogP contribution >= 0.6 is 23.2 Å². The molecule has 38 heavy (non-hydrogen) atoms. The summed E-state index contributed by atoms with van der Waals surface area (Å²) in [6, 6.07) is 7.88. The number of piperidine rings is 2. The van der Waals surface area contributed by atoms with Gasteiger partial charge in [0.1, 0.15) is 5.82 Å². The Bertz CT molecular complexity index is 1190. The fourth-order valence-electron chi connectivity index (χ4n) is 5.69. The fraction of sp³-hybridized carbons (Fsp3) is 0.462. The molecule has 2 fully saturated rings. The second kappa shape index (κ2) is 10.5. The summed E-state index contributed by atoms with van der Waals surface area (Å²) in [6.45, 7) is 0.233. The lowest BCUT2D eigenvalue weighted by molar-refractivity contribution is -0.271. The molecule has 2 amide bonds. The minimum Gasteiger partial charge on any atom is -0.494 e. The van der Waals surface area contributed by atoms with Crippen molar-refractivity contribution in [2.75, 3.05) is 33.9 Å². The van der Waals surface area contributed by atoms with E-state index in [4.69, 9.17) is 32.7 Å². The molecule has 2 aliphatic heterocycles. The SMILES string of the molecule is COc1c(Cl)cc(C(OC)(C(=O)N2CCC3(CC2)CC(=O)NC[C@H]3c2ccc(F)cc2)C(F)(F)F)cc1Cl. The second-order valence-electron chi connectivity index (χ2n) is 9.60. The van der Waals surface area contributed by atoms with Crippen molar-refractivity contribution in [2.45, 2.75) is 37.0 Å². The van der Waals surface area contributed by atoms with E-state index in [1.807, 2.05) is 0 Å². The summed E-state index contributed by atoms with van der Waals surface area (Å²) >= 11 is 12.2. The maximum Gasteiger partial charge on any atom is 0.430 e. The Labute approximate surface area is 227 Å². The van der Waals surface area contributed by atoms with Crippen molar-refractivity contribution < 1.29 is 36.6 Å². The van der Waals surface area contributed by atoms with Crippen molar-refractivity contribution in [2.24, 2.45) is 5.41 Å². The van der Waals surface area contributed by atoms with Crippen molar-refractivity contribution >= 4 is 35.0 Å². The largest absolute Gasteiger partial charge is 0.494 e. The topological polar surface area (TPSA) is 67.9 Å². The number of hydrogen-bond acceptors (Lipinski definition) is 4. The summed E-state index contributed by atoms with van der Waals surface area (Å²) in [4.78, 5) is 27.1. The molecule has 0 aromatic heterocycles. The van der Waals surface area contributed by atoms with Crippen LogP contribution < -0.4 is 10.1 Å². The first-order chi connectivity index (χ1) is 17.9. The molecule has 0 radical (unpaired) electrons. The predicted molar refractivity (Wildman–Crippen MR) is 133 cm³/mol.